The topological polar surface area (TPSA) is 120 Å². The predicted molar refractivity (Wildman–Crippen MR) is 135 cm³/mol. The molecule has 13 heteroatoms. The van der Waals surface area contributed by atoms with Crippen LogP contribution in [0.2, 0.25) is 0 Å². The van der Waals surface area contributed by atoms with Crippen LogP contribution in [0.3, 0.4) is 0 Å². The number of ether oxygens (including phenoxy) is 1. The van der Waals surface area contributed by atoms with Crippen LogP contribution in [0.15, 0.2) is 24.4 Å². The highest BCUT2D eigenvalue weighted by Gasteiger charge is 2.26. The molecule has 11 nitrogen and oxygen atoms in total. The Balaban J connectivity index is 1.36. The molecule has 1 aromatic carbocycles. The molecule has 0 radical (unpaired) electrons. The highest BCUT2D eigenvalue weighted by Crippen LogP contribution is 2.34. The third kappa shape index (κ3) is 4.49. The van der Waals surface area contributed by atoms with Crippen LogP contribution in [0.25, 0.3) is 32.6 Å². The summed E-state index contributed by atoms with van der Waals surface area (Å²) in [5, 5.41) is 9.12. The van der Waals surface area contributed by atoms with Crippen LogP contribution in [0.1, 0.15) is 5.01 Å². The summed E-state index contributed by atoms with van der Waals surface area (Å²) in [6.07, 6.45) is 3.07. The van der Waals surface area contributed by atoms with Gasteiger partial charge in [-0.3, -0.25) is 10.00 Å². The van der Waals surface area contributed by atoms with Crippen molar-refractivity contribution in [3.05, 3.63) is 29.4 Å². The minimum atomic E-state index is -3.15. The van der Waals surface area contributed by atoms with Crippen molar-refractivity contribution in [2.24, 2.45) is 0 Å². The fourth-order valence-corrected chi connectivity index (χ4v) is 6.49. The summed E-state index contributed by atoms with van der Waals surface area (Å²) in [6.45, 7) is 5.88. The maximum atomic E-state index is 11.8. The van der Waals surface area contributed by atoms with E-state index in [0.29, 0.717) is 57.4 Å². The van der Waals surface area contributed by atoms with Crippen molar-refractivity contribution in [1.29, 1.82) is 0 Å². The molecule has 0 saturated carbocycles. The van der Waals surface area contributed by atoms with E-state index in [0.717, 1.165) is 45.1 Å². The molecule has 1 N–H and O–H groups in total. The highest BCUT2D eigenvalue weighted by molar-refractivity contribution is 7.88. The number of hydrogen-bond acceptors (Lipinski definition) is 10. The zero-order valence-electron chi connectivity index (χ0n) is 19.3. The largest absolute Gasteiger partial charge is 0.378 e. The van der Waals surface area contributed by atoms with Gasteiger partial charge in [-0.15, -0.1) is 11.3 Å². The number of benzene rings is 1. The average Bonchev–Trinajstić information content (AvgIpc) is 3.50. The van der Waals surface area contributed by atoms with Crippen molar-refractivity contribution in [2.75, 3.05) is 63.6 Å². The van der Waals surface area contributed by atoms with Gasteiger partial charge < -0.3 is 9.64 Å². The molecule has 4 aromatic rings. The Morgan fingerprint density at radius 1 is 1.06 bits per heavy atom. The lowest BCUT2D eigenvalue weighted by atomic mass is 10.1. The molecule has 2 aliphatic rings. The molecular formula is C22H26N8O3S2. The van der Waals surface area contributed by atoms with E-state index in [1.54, 1.807) is 17.5 Å². The van der Waals surface area contributed by atoms with E-state index < -0.39 is 10.0 Å². The normalized spacial score (nSPS) is 18.6. The second kappa shape index (κ2) is 9.06. The van der Waals surface area contributed by atoms with Gasteiger partial charge >= 0.3 is 0 Å². The number of rotatable bonds is 5. The van der Waals surface area contributed by atoms with E-state index >= 15 is 0 Å². The number of thiazole rings is 1. The number of piperazine rings is 1. The molecule has 0 aliphatic carbocycles. The molecule has 0 bridgehead atoms. The van der Waals surface area contributed by atoms with Crippen molar-refractivity contribution in [3.63, 3.8) is 0 Å². The zero-order valence-corrected chi connectivity index (χ0v) is 21.0. The van der Waals surface area contributed by atoms with Gasteiger partial charge in [0, 0.05) is 50.2 Å². The SMILES string of the molecule is CS(=O)(=O)N1CCN(Cc2nc3nc(-c4cccc5[nH]ncc45)nc(N4CCOCC4)c3s2)CC1. The Hall–Kier alpha value is -2.71. The van der Waals surface area contributed by atoms with Gasteiger partial charge in [-0.1, -0.05) is 12.1 Å². The molecule has 35 heavy (non-hydrogen) atoms. The van der Waals surface area contributed by atoms with Crippen LogP contribution in [-0.2, 0) is 21.3 Å². The van der Waals surface area contributed by atoms with Crippen molar-refractivity contribution in [1.82, 2.24) is 34.4 Å². The Kier molecular flexibility index (Phi) is 5.89. The summed E-state index contributed by atoms with van der Waals surface area (Å²) in [5.74, 6) is 1.52. The molecule has 5 heterocycles. The third-order valence-corrected chi connectivity index (χ3v) is 8.80. The molecule has 2 saturated heterocycles. The van der Waals surface area contributed by atoms with Crippen molar-refractivity contribution < 1.29 is 13.2 Å². The summed E-state index contributed by atoms with van der Waals surface area (Å²) in [4.78, 5) is 19.3. The minimum Gasteiger partial charge on any atom is -0.378 e. The van der Waals surface area contributed by atoms with E-state index in [1.807, 2.05) is 18.2 Å². The van der Waals surface area contributed by atoms with Gasteiger partial charge in [0.1, 0.15) is 9.71 Å². The monoisotopic (exact) mass is 514 g/mol. The first kappa shape index (κ1) is 22.7. The first-order valence-electron chi connectivity index (χ1n) is 11.6. The highest BCUT2D eigenvalue weighted by atomic mass is 32.2. The van der Waals surface area contributed by atoms with Gasteiger partial charge in [-0.05, 0) is 6.07 Å². The van der Waals surface area contributed by atoms with Gasteiger partial charge in [0.2, 0.25) is 10.0 Å². The summed E-state index contributed by atoms with van der Waals surface area (Å²) < 4.78 is 31.7. The van der Waals surface area contributed by atoms with Crippen molar-refractivity contribution in [2.45, 2.75) is 6.54 Å². The van der Waals surface area contributed by atoms with E-state index in [1.165, 1.54) is 10.6 Å². The predicted octanol–water partition coefficient (Wildman–Crippen LogP) is 1.54. The summed E-state index contributed by atoms with van der Waals surface area (Å²) in [5.41, 5.74) is 2.54. The minimum absolute atomic E-state index is 0.501. The van der Waals surface area contributed by atoms with Gasteiger partial charge in [0.05, 0.1) is 37.7 Å². The maximum Gasteiger partial charge on any atom is 0.211 e. The first-order chi connectivity index (χ1) is 17.0. The van der Waals surface area contributed by atoms with E-state index in [2.05, 4.69) is 20.0 Å². The number of morpholine rings is 1. The van der Waals surface area contributed by atoms with Gasteiger partial charge in [-0.25, -0.2) is 23.4 Å². The lowest BCUT2D eigenvalue weighted by molar-refractivity contribution is 0.122. The van der Waals surface area contributed by atoms with Crippen LogP contribution >= 0.6 is 11.3 Å². The molecule has 0 amide bonds. The Morgan fingerprint density at radius 3 is 2.63 bits per heavy atom. The van der Waals surface area contributed by atoms with Crippen LogP contribution in [-0.4, -0.2) is 102 Å². The average molecular weight is 515 g/mol. The fraction of sp³-hybridized carbons (Fsp3) is 0.455. The lowest BCUT2D eigenvalue weighted by Gasteiger charge is -2.32. The number of nitrogens with zero attached hydrogens (tertiary/aromatic N) is 7. The molecule has 0 unspecified atom stereocenters. The van der Waals surface area contributed by atoms with Crippen molar-refractivity contribution in [3.8, 4) is 11.4 Å². The number of aromatic amines is 1. The molecular weight excluding hydrogens is 488 g/mol. The third-order valence-electron chi connectivity index (χ3n) is 6.48. The number of aromatic nitrogens is 5. The summed E-state index contributed by atoms with van der Waals surface area (Å²) >= 11 is 1.62. The number of H-pyrrole nitrogens is 1. The summed E-state index contributed by atoms with van der Waals surface area (Å²) in [7, 11) is -3.15. The second-order valence-corrected chi connectivity index (χ2v) is 11.9. The molecule has 0 atom stereocenters. The van der Waals surface area contributed by atoms with E-state index in [4.69, 9.17) is 19.7 Å². The van der Waals surface area contributed by atoms with Crippen LogP contribution in [0, 0.1) is 0 Å². The van der Waals surface area contributed by atoms with Crippen LogP contribution in [0.5, 0.6) is 0 Å². The van der Waals surface area contributed by atoms with Gasteiger partial charge in [-0.2, -0.15) is 9.40 Å². The second-order valence-electron chi connectivity index (χ2n) is 8.81. The molecule has 2 fully saturated rings. The lowest BCUT2D eigenvalue weighted by Crippen LogP contribution is -2.47. The quantitative estimate of drug-likeness (QED) is 0.423. The number of fused-ring (bicyclic) bond motifs is 2. The summed E-state index contributed by atoms with van der Waals surface area (Å²) in [6, 6.07) is 5.97. The number of hydrogen-bond donors (Lipinski definition) is 1. The molecule has 0 spiro atoms. The smallest absolute Gasteiger partial charge is 0.211 e. The maximum absolute atomic E-state index is 11.8. The number of sulfonamides is 1. The van der Waals surface area contributed by atoms with Gasteiger partial charge in [0.25, 0.3) is 0 Å². The van der Waals surface area contributed by atoms with E-state index in [9.17, 15) is 8.42 Å². The molecule has 3 aromatic heterocycles. The first-order valence-corrected chi connectivity index (χ1v) is 14.2. The van der Waals surface area contributed by atoms with Crippen LogP contribution < -0.4 is 4.90 Å². The van der Waals surface area contributed by atoms with Crippen LogP contribution in [0.4, 0.5) is 5.82 Å². The molecule has 2 aliphatic heterocycles. The van der Waals surface area contributed by atoms with Crippen molar-refractivity contribution >= 4 is 48.4 Å². The Bertz CT molecular complexity index is 1470. The van der Waals surface area contributed by atoms with Gasteiger partial charge in [0.15, 0.2) is 17.3 Å². The Morgan fingerprint density at radius 2 is 1.86 bits per heavy atom. The number of anilines is 1. The standard InChI is InChI=1S/C22H26N8O3S2/c1-35(31,32)30-7-5-28(6-8-30)14-18-24-21-19(34-18)22(29-9-11-33-12-10-29)26-20(25-21)15-3-2-4-17-16(15)13-23-27-17/h2-4,13H,5-12,14H2,1H3,(H,23,27). The Labute approximate surface area is 206 Å². The molecule has 6 rings (SSSR count). The van der Waals surface area contributed by atoms with E-state index in [-0.39, 0.29) is 0 Å². The fourth-order valence-electron chi connectivity index (χ4n) is 4.60. The zero-order chi connectivity index (χ0) is 24.0. The molecule has 184 valence electrons. The number of nitrogens with one attached hydrogen (secondary N) is 1.